The smallest absolute Gasteiger partial charge is 0.0688 e. The number of fused-ring (bicyclic) bond motifs is 8. The van der Waals surface area contributed by atoms with Gasteiger partial charge in [0.1, 0.15) is 0 Å². The van der Waals surface area contributed by atoms with Crippen molar-refractivity contribution in [3.05, 3.63) is 293 Å². The predicted molar refractivity (Wildman–Crippen MR) is 521 cm³/mol. The quantitative estimate of drug-likeness (QED) is 0.0282. The van der Waals surface area contributed by atoms with Crippen LogP contribution in [0, 0.1) is 25.2 Å². The van der Waals surface area contributed by atoms with Crippen molar-refractivity contribution in [1.82, 2.24) is 4.57 Å². The van der Waals surface area contributed by atoms with Gasteiger partial charge in [-0.15, -0.1) is 0 Å². The summed E-state index contributed by atoms with van der Waals surface area (Å²) in [5.74, 6) is 0.582. The monoisotopic (exact) mass is 1590 g/mol. The molecule has 1 unspecified atom stereocenters. The van der Waals surface area contributed by atoms with Crippen molar-refractivity contribution < 1.29 is 0 Å². The molecule has 3 atom stereocenters. The normalized spacial score (nSPS) is 18.1. The van der Waals surface area contributed by atoms with Gasteiger partial charge in [-0.3, -0.25) is 0 Å². The van der Waals surface area contributed by atoms with Crippen molar-refractivity contribution in [3.63, 3.8) is 0 Å². The van der Waals surface area contributed by atoms with E-state index < -0.39 is 0 Å². The average Bonchev–Trinajstić information content (AvgIpc) is 0.695. The van der Waals surface area contributed by atoms with Crippen LogP contribution in [0.2, 0.25) is 0 Å². The highest BCUT2D eigenvalue weighted by Gasteiger charge is 2.61. The van der Waals surface area contributed by atoms with E-state index in [1.807, 2.05) is 0 Å². The number of benzene rings is 10. The largest absolute Gasteiger partial charge is 0.355 e. The molecule has 0 spiro atoms. The Kier molecular flexibility index (Phi) is 24.9. The molecule has 0 radical (unpaired) electrons. The number of rotatable bonds is 38. The highest BCUT2D eigenvalue weighted by Crippen LogP contribution is 2.63. The molecule has 0 N–H and O–H groups in total. The number of para-hydroxylation sites is 1. The van der Waals surface area contributed by atoms with Crippen LogP contribution in [-0.2, 0) is 22.8 Å². The SMILES string of the molecule is CCCCCCn1c2cc(-c3ccc(-c4ccc(N(c5ccccc5)c5ccc6c(c5)C(CCCCCC)(CCCCCC)c5ccccc5-6)cc4)cc3C)ccc2c2ccc(-c3ccc(-c4ccc(C(C)(C)C(C)(C)N(c5ccc6c(c5)C(CCCCCC)(CCCCCC)C5=C6C=CCC5)C5(C)C=C[C@@]5(C)C5=CC[C@H]5C)cc4)cc3C)cc21. The van der Waals surface area contributed by atoms with Crippen molar-refractivity contribution in [1.29, 1.82) is 0 Å². The summed E-state index contributed by atoms with van der Waals surface area (Å²) < 4.78 is 2.66. The fraction of sp³-hybridized carbons (Fsp3) is 0.419. The number of allylic oxidation sites excluding steroid dienone is 5. The molecule has 0 saturated carbocycles. The molecule has 11 aromatic rings. The lowest BCUT2D eigenvalue weighted by Gasteiger charge is -2.66. The van der Waals surface area contributed by atoms with Gasteiger partial charge in [0, 0.05) is 78.3 Å². The lowest BCUT2D eigenvalue weighted by atomic mass is 9.52. The van der Waals surface area contributed by atoms with Gasteiger partial charge in [0.25, 0.3) is 0 Å². The lowest BCUT2D eigenvalue weighted by Crippen LogP contribution is -2.71. The Morgan fingerprint density at radius 1 is 0.408 bits per heavy atom. The van der Waals surface area contributed by atoms with E-state index in [4.69, 9.17) is 0 Å². The van der Waals surface area contributed by atoms with Gasteiger partial charge in [0.2, 0.25) is 0 Å². The molecule has 5 aliphatic rings. The molecule has 0 saturated heterocycles. The number of hydrogen-bond donors (Lipinski definition) is 0. The third kappa shape index (κ3) is 15.3. The van der Waals surface area contributed by atoms with E-state index >= 15 is 0 Å². The maximum Gasteiger partial charge on any atom is 0.0688 e. The number of aryl methyl sites for hydroxylation is 3. The minimum atomic E-state index is -0.332. The van der Waals surface area contributed by atoms with Crippen LogP contribution in [0.4, 0.5) is 22.7 Å². The van der Waals surface area contributed by atoms with E-state index in [1.165, 1.54) is 289 Å². The second kappa shape index (κ2) is 35.6. The van der Waals surface area contributed by atoms with Crippen LogP contribution in [-0.4, -0.2) is 15.6 Å². The molecular weight excluding hydrogens is 1450 g/mol. The third-order valence-electron chi connectivity index (χ3n) is 30.9. The number of nitrogens with zero attached hydrogens (tertiary/aromatic N) is 3. The molecular formula is C117H139N3. The molecule has 3 nitrogen and oxygen atoms in total. The van der Waals surface area contributed by atoms with Crippen molar-refractivity contribution in [2.45, 2.75) is 304 Å². The minimum Gasteiger partial charge on any atom is -0.355 e. The number of aromatic nitrogens is 1. The average molecular weight is 1590 g/mol. The standard InChI is InChI=1S/C117H139N3/c1-15-20-25-37-70-116(71-38-26-21-16-2)106-46-35-33-44-99(106)101-67-61-95(81-108(101)116)119(93-42-31-30-32-43-93)94-59-51-87(52-60-94)89-54-64-98(85(8)78-89)91-56-66-104-103-65-55-90(79-110(103)118(111(104)80-91)76-41-29-24-19-5)97-63-53-88(77-84(97)7)86-49-57-92(58-50-86)112(9,10)113(11,12)120(115(14)75-74-114(115,13)105-69-48-83(105)6)96-62-68-102-100-45-34-36-47-107(100)117(109(102)82-96,72-39-27-22-17-3)73-40-28-23-18-4/h30-35,42-46,49-69,74-75,77-83H,15-29,36-41,47-48,70-73,76H2,1-14H3/t83-,114+,115?/m1/s1. The van der Waals surface area contributed by atoms with Crippen LogP contribution in [0.5, 0.6) is 0 Å². The molecule has 0 aliphatic heterocycles. The Morgan fingerprint density at radius 2 is 0.875 bits per heavy atom. The molecule has 16 rings (SSSR count). The Bertz CT molecular complexity index is 5580. The van der Waals surface area contributed by atoms with Crippen LogP contribution in [0.15, 0.2) is 254 Å². The van der Waals surface area contributed by atoms with E-state index in [9.17, 15) is 0 Å². The molecule has 1 heterocycles. The summed E-state index contributed by atoms with van der Waals surface area (Å²) in [7, 11) is 0. The van der Waals surface area contributed by atoms with Gasteiger partial charge in [-0.05, 0) is 260 Å². The summed E-state index contributed by atoms with van der Waals surface area (Å²) in [6, 6.07) is 83.8. The van der Waals surface area contributed by atoms with E-state index in [0.717, 1.165) is 19.4 Å². The summed E-state index contributed by atoms with van der Waals surface area (Å²) in [5.41, 5.74) is 34.7. The highest BCUT2D eigenvalue weighted by atomic mass is 15.3. The summed E-state index contributed by atoms with van der Waals surface area (Å²) in [6.45, 7) is 35.1. The van der Waals surface area contributed by atoms with Gasteiger partial charge < -0.3 is 14.4 Å². The Labute approximate surface area is 723 Å². The molecule has 0 amide bonds. The molecule has 622 valence electrons. The molecule has 10 aromatic carbocycles. The van der Waals surface area contributed by atoms with Gasteiger partial charge >= 0.3 is 0 Å². The summed E-state index contributed by atoms with van der Waals surface area (Å²) in [4.78, 5) is 5.43. The van der Waals surface area contributed by atoms with Crippen LogP contribution in [0.25, 0.3) is 83.0 Å². The fourth-order valence-corrected chi connectivity index (χ4v) is 23.1. The zero-order chi connectivity index (χ0) is 83.6. The van der Waals surface area contributed by atoms with Crippen LogP contribution in [0.3, 0.4) is 0 Å². The van der Waals surface area contributed by atoms with Gasteiger partial charge in [0.15, 0.2) is 0 Å². The first-order chi connectivity index (χ1) is 58.3. The predicted octanol–water partition coefficient (Wildman–Crippen LogP) is 34.5. The zero-order valence-electron chi connectivity index (χ0n) is 75.8. The molecule has 5 aliphatic carbocycles. The third-order valence-corrected chi connectivity index (χ3v) is 30.9. The highest BCUT2D eigenvalue weighted by molar-refractivity contribution is 6.10. The van der Waals surface area contributed by atoms with E-state index in [0.29, 0.717) is 5.92 Å². The second-order valence-corrected chi connectivity index (χ2v) is 38.8. The molecule has 3 heteroatoms. The molecule has 1 aromatic heterocycles. The first kappa shape index (κ1) is 84.2. The van der Waals surface area contributed by atoms with Gasteiger partial charge in [-0.1, -0.05) is 371 Å². The summed E-state index contributed by atoms with van der Waals surface area (Å²) >= 11 is 0. The maximum atomic E-state index is 2.94. The van der Waals surface area contributed by atoms with E-state index in [-0.39, 0.29) is 32.7 Å². The Morgan fingerprint density at radius 3 is 1.41 bits per heavy atom. The minimum absolute atomic E-state index is 0.0105. The molecule has 120 heavy (non-hydrogen) atoms. The molecule has 0 fully saturated rings. The zero-order valence-corrected chi connectivity index (χ0v) is 75.8. The topological polar surface area (TPSA) is 11.4 Å². The van der Waals surface area contributed by atoms with Crippen molar-refractivity contribution in [2.24, 2.45) is 11.3 Å². The number of hydrogen-bond acceptors (Lipinski definition) is 2. The van der Waals surface area contributed by atoms with E-state index in [2.05, 4.69) is 354 Å². The van der Waals surface area contributed by atoms with E-state index in [1.54, 1.807) is 27.8 Å². The number of unbranched alkanes of at least 4 members (excludes halogenated alkanes) is 15. The Hall–Kier alpha value is -9.44. The Balaban J connectivity index is 0.670. The van der Waals surface area contributed by atoms with Crippen molar-refractivity contribution in [2.75, 3.05) is 9.80 Å². The molecule has 0 bridgehead atoms. The number of anilines is 4. The summed E-state index contributed by atoms with van der Waals surface area (Å²) in [5, 5.41) is 2.65. The van der Waals surface area contributed by atoms with Crippen molar-refractivity contribution in [3.8, 4) is 55.6 Å². The van der Waals surface area contributed by atoms with Crippen LogP contribution >= 0.6 is 0 Å². The first-order valence-electron chi connectivity index (χ1n) is 47.6. The lowest BCUT2D eigenvalue weighted by molar-refractivity contribution is 0.161. The fourth-order valence-electron chi connectivity index (χ4n) is 23.1. The van der Waals surface area contributed by atoms with Gasteiger partial charge in [0.05, 0.1) is 5.54 Å². The van der Waals surface area contributed by atoms with Crippen molar-refractivity contribution >= 4 is 50.1 Å². The summed E-state index contributed by atoms with van der Waals surface area (Å²) in [6.07, 6.45) is 46.5. The first-order valence-corrected chi connectivity index (χ1v) is 47.6. The second-order valence-electron chi connectivity index (χ2n) is 38.8. The van der Waals surface area contributed by atoms with Crippen LogP contribution < -0.4 is 9.80 Å². The van der Waals surface area contributed by atoms with Gasteiger partial charge in [-0.25, -0.2) is 0 Å². The van der Waals surface area contributed by atoms with Gasteiger partial charge in [-0.2, -0.15) is 0 Å². The maximum absolute atomic E-state index is 2.94. The van der Waals surface area contributed by atoms with Crippen LogP contribution in [0.1, 0.15) is 295 Å².